The molecule has 0 unspecified atom stereocenters. The van der Waals surface area contributed by atoms with E-state index in [-0.39, 0.29) is 0 Å². The topological polar surface area (TPSA) is 48.1 Å². The molecule has 3 nitrogen and oxygen atoms in total. The summed E-state index contributed by atoms with van der Waals surface area (Å²) in [4.78, 5) is 4.69. The zero-order chi connectivity index (χ0) is 14.7. The van der Waals surface area contributed by atoms with Gasteiger partial charge in [0.05, 0.1) is 17.8 Å². The lowest BCUT2D eigenvalue weighted by Gasteiger charge is -2.06. The number of ether oxygens (including phenoxy) is 1. The van der Waals surface area contributed by atoms with E-state index in [1.165, 1.54) is 0 Å². The summed E-state index contributed by atoms with van der Waals surface area (Å²) in [6, 6.07) is 15.8. The SMILES string of the molecule is COc1ccccc1Cc1nc(-c2ccccc2N)cs1. The number of hydrogen-bond acceptors (Lipinski definition) is 4. The first-order valence-corrected chi connectivity index (χ1v) is 7.57. The van der Waals surface area contributed by atoms with Gasteiger partial charge in [-0.2, -0.15) is 0 Å². The molecule has 0 aliphatic heterocycles. The summed E-state index contributed by atoms with van der Waals surface area (Å²) in [5.41, 5.74) is 9.82. The Labute approximate surface area is 128 Å². The Morgan fingerprint density at radius 2 is 1.86 bits per heavy atom. The monoisotopic (exact) mass is 296 g/mol. The van der Waals surface area contributed by atoms with Crippen molar-refractivity contribution in [2.24, 2.45) is 0 Å². The van der Waals surface area contributed by atoms with Crippen LogP contribution in [-0.4, -0.2) is 12.1 Å². The Bertz CT molecular complexity index is 752. The molecule has 0 amide bonds. The van der Waals surface area contributed by atoms with Gasteiger partial charge < -0.3 is 10.5 Å². The van der Waals surface area contributed by atoms with Crippen LogP contribution in [0.15, 0.2) is 53.9 Å². The maximum absolute atomic E-state index is 6.00. The number of benzene rings is 2. The van der Waals surface area contributed by atoms with E-state index in [1.807, 2.05) is 42.5 Å². The lowest BCUT2D eigenvalue weighted by Crippen LogP contribution is -1.93. The lowest BCUT2D eigenvalue weighted by atomic mass is 10.1. The Balaban J connectivity index is 1.87. The number of methoxy groups -OCH3 is 1. The highest BCUT2D eigenvalue weighted by atomic mass is 32.1. The molecule has 21 heavy (non-hydrogen) atoms. The molecular weight excluding hydrogens is 280 g/mol. The number of hydrogen-bond donors (Lipinski definition) is 1. The normalized spacial score (nSPS) is 10.5. The Hall–Kier alpha value is -2.33. The third-order valence-corrected chi connectivity index (χ3v) is 4.17. The fourth-order valence-electron chi connectivity index (χ4n) is 2.26. The first-order chi connectivity index (χ1) is 10.3. The van der Waals surface area contributed by atoms with Crippen LogP contribution in [-0.2, 0) is 6.42 Å². The van der Waals surface area contributed by atoms with Crippen LogP contribution < -0.4 is 10.5 Å². The van der Waals surface area contributed by atoms with Crippen molar-refractivity contribution in [2.75, 3.05) is 12.8 Å². The second kappa shape index (κ2) is 5.97. The Kier molecular flexibility index (Phi) is 3.88. The predicted molar refractivity (Wildman–Crippen MR) is 87.8 cm³/mol. The third-order valence-electron chi connectivity index (χ3n) is 3.32. The largest absolute Gasteiger partial charge is 0.496 e. The molecule has 0 saturated carbocycles. The maximum atomic E-state index is 6.00. The molecule has 2 aromatic carbocycles. The van der Waals surface area contributed by atoms with Gasteiger partial charge in [-0.15, -0.1) is 11.3 Å². The first-order valence-electron chi connectivity index (χ1n) is 6.69. The summed E-state index contributed by atoms with van der Waals surface area (Å²) < 4.78 is 5.38. The van der Waals surface area contributed by atoms with Crippen LogP contribution in [0, 0.1) is 0 Å². The minimum absolute atomic E-state index is 0.756. The lowest BCUT2D eigenvalue weighted by molar-refractivity contribution is 0.410. The quantitative estimate of drug-likeness (QED) is 0.740. The minimum Gasteiger partial charge on any atom is -0.496 e. The van der Waals surface area contributed by atoms with Crippen molar-refractivity contribution in [3.63, 3.8) is 0 Å². The number of nitrogens with zero attached hydrogens (tertiary/aromatic N) is 1. The summed E-state index contributed by atoms with van der Waals surface area (Å²) in [5, 5.41) is 3.11. The highest BCUT2D eigenvalue weighted by Gasteiger charge is 2.09. The fraction of sp³-hybridized carbons (Fsp3) is 0.118. The first kappa shape index (κ1) is 13.6. The van der Waals surface area contributed by atoms with Crippen LogP contribution in [0.2, 0.25) is 0 Å². The molecule has 3 aromatic rings. The molecule has 0 aliphatic carbocycles. The molecule has 4 heteroatoms. The van der Waals surface area contributed by atoms with E-state index in [0.29, 0.717) is 0 Å². The van der Waals surface area contributed by atoms with Gasteiger partial charge in [-0.05, 0) is 12.1 Å². The van der Waals surface area contributed by atoms with Crippen molar-refractivity contribution < 1.29 is 4.74 Å². The number of nitrogen functional groups attached to an aromatic ring is 1. The van der Waals surface area contributed by atoms with Crippen LogP contribution >= 0.6 is 11.3 Å². The van der Waals surface area contributed by atoms with E-state index in [4.69, 9.17) is 15.5 Å². The van der Waals surface area contributed by atoms with Gasteiger partial charge in [0.1, 0.15) is 5.75 Å². The van der Waals surface area contributed by atoms with E-state index in [0.717, 1.165) is 39.7 Å². The number of aromatic nitrogens is 1. The summed E-state index contributed by atoms with van der Waals surface area (Å²) in [5.74, 6) is 0.897. The Morgan fingerprint density at radius 3 is 2.67 bits per heavy atom. The molecule has 2 N–H and O–H groups in total. The molecule has 0 aliphatic rings. The average molecular weight is 296 g/mol. The van der Waals surface area contributed by atoms with E-state index in [1.54, 1.807) is 18.4 Å². The van der Waals surface area contributed by atoms with Crippen LogP contribution in [0.25, 0.3) is 11.3 Å². The van der Waals surface area contributed by atoms with E-state index in [9.17, 15) is 0 Å². The average Bonchev–Trinajstić information content (AvgIpc) is 2.96. The molecule has 106 valence electrons. The number of para-hydroxylation sites is 2. The maximum Gasteiger partial charge on any atom is 0.122 e. The molecular formula is C17H16N2OS. The van der Waals surface area contributed by atoms with E-state index in [2.05, 4.69) is 11.4 Å². The van der Waals surface area contributed by atoms with Gasteiger partial charge in [0.25, 0.3) is 0 Å². The highest BCUT2D eigenvalue weighted by Crippen LogP contribution is 2.29. The molecule has 1 aromatic heterocycles. The zero-order valence-corrected chi connectivity index (χ0v) is 12.6. The smallest absolute Gasteiger partial charge is 0.122 e. The van der Waals surface area contributed by atoms with E-state index >= 15 is 0 Å². The molecule has 0 atom stereocenters. The van der Waals surface area contributed by atoms with Gasteiger partial charge in [0.2, 0.25) is 0 Å². The second-order valence-electron chi connectivity index (χ2n) is 4.70. The molecule has 0 fully saturated rings. The van der Waals surface area contributed by atoms with Gasteiger partial charge in [0.15, 0.2) is 0 Å². The van der Waals surface area contributed by atoms with Crippen molar-refractivity contribution >= 4 is 17.0 Å². The van der Waals surface area contributed by atoms with Crippen molar-refractivity contribution in [1.29, 1.82) is 0 Å². The summed E-state index contributed by atoms with van der Waals surface area (Å²) in [7, 11) is 1.69. The van der Waals surface area contributed by atoms with Gasteiger partial charge in [0, 0.05) is 28.6 Å². The van der Waals surface area contributed by atoms with Crippen molar-refractivity contribution in [3.05, 3.63) is 64.5 Å². The van der Waals surface area contributed by atoms with Gasteiger partial charge in [-0.1, -0.05) is 36.4 Å². The molecule has 0 spiro atoms. The molecule has 0 radical (unpaired) electrons. The standard InChI is InChI=1S/C17H16N2OS/c1-20-16-9-5-2-6-12(16)10-17-19-15(11-21-17)13-7-3-4-8-14(13)18/h2-9,11H,10,18H2,1H3. The van der Waals surface area contributed by atoms with Gasteiger partial charge in [-0.25, -0.2) is 4.98 Å². The van der Waals surface area contributed by atoms with Gasteiger partial charge >= 0.3 is 0 Å². The predicted octanol–water partition coefficient (Wildman–Crippen LogP) is 3.99. The van der Waals surface area contributed by atoms with Crippen LogP contribution in [0.5, 0.6) is 5.75 Å². The number of thiazole rings is 1. The van der Waals surface area contributed by atoms with Crippen molar-refractivity contribution in [3.8, 4) is 17.0 Å². The fourth-order valence-corrected chi connectivity index (χ4v) is 3.08. The van der Waals surface area contributed by atoms with Crippen molar-refractivity contribution in [1.82, 2.24) is 4.98 Å². The van der Waals surface area contributed by atoms with Crippen LogP contribution in [0.3, 0.4) is 0 Å². The molecule has 3 rings (SSSR count). The molecule has 0 bridgehead atoms. The Morgan fingerprint density at radius 1 is 1.10 bits per heavy atom. The van der Waals surface area contributed by atoms with Crippen molar-refractivity contribution in [2.45, 2.75) is 6.42 Å². The molecule has 0 saturated heterocycles. The van der Waals surface area contributed by atoms with Crippen LogP contribution in [0.1, 0.15) is 10.6 Å². The number of nitrogens with two attached hydrogens (primary N) is 1. The highest BCUT2D eigenvalue weighted by molar-refractivity contribution is 7.10. The second-order valence-corrected chi connectivity index (χ2v) is 5.65. The van der Waals surface area contributed by atoms with Crippen LogP contribution in [0.4, 0.5) is 5.69 Å². The summed E-state index contributed by atoms with van der Waals surface area (Å²) in [6.45, 7) is 0. The zero-order valence-electron chi connectivity index (χ0n) is 11.7. The van der Waals surface area contributed by atoms with E-state index < -0.39 is 0 Å². The number of rotatable bonds is 4. The third kappa shape index (κ3) is 2.90. The minimum atomic E-state index is 0.756. The number of anilines is 1. The van der Waals surface area contributed by atoms with Gasteiger partial charge in [-0.3, -0.25) is 0 Å². The summed E-state index contributed by atoms with van der Waals surface area (Å²) in [6.07, 6.45) is 0.765. The molecule has 1 heterocycles. The summed E-state index contributed by atoms with van der Waals surface area (Å²) >= 11 is 1.64.